The monoisotopic (exact) mass is 506 g/mol. The van der Waals surface area contributed by atoms with Gasteiger partial charge in [-0.1, -0.05) is 72.3 Å². The van der Waals surface area contributed by atoms with Gasteiger partial charge in [-0.25, -0.2) is 9.97 Å². The molecule has 1 amide bonds. The predicted octanol–water partition coefficient (Wildman–Crippen LogP) is 6.09. The molecule has 0 radical (unpaired) electrons. The van der Waals surface area contributed by atoms with Crippen LogP contribution in [-0.2, 0) is 4.79 Å². The number of H-pyrrole nitrogens is 1. The Bertz CT molecular complexity index is 1680. The number of hydrogen-bond acceptors (Lipinski definition) is 6. The number of aliphatic hydroxyl groups excluding tert-OH is 1. The summed E-state index contributed by atoms with van der Waals surface area (Å²) in [6.07, 6.45) is 0. The molecule has 0 saturated heterocycles. The zero-order valence-electron chi connectivity index (χ0n) is 20.1. The van der Waals surface area contributed by atoms with Gasteiger partial charge in [-0.2, -0.15) is 0 Å². The molecule has 5 aromatic rings. The van der Waals surface area contributed by atoms with Crippen LogP contribution in [0.4, 0.5) is 5.95 Å². The van der Waals surface area contributed by atoms with Gasteiger partial charge >= 0.3 is 0 Å². The lowest BCUT2D eigenvalue weighted by atomic mass is 9.94. The van der Waals surface area contributed by atoms with E-state index in [1.165, 1.54) is 16.2 Å². The minimum atomic E-state index is -0.859. The van der Waals surface area contributed by atoms with Crippen LogP contribution >= 0.6 is 11.3 Å². The maximum Gasteiger partial charge on any atom is 0.296 e. The largest absolute Gasteiger partial charge is 0.503 e. The second-order valence-electron chi connectivity index (χ2n) is 8.96. The first-order chi connectivity index (χ1) is 17.9. The number of fused-ring (bicyclic) bond motifs is 1. The van der Waals surface area contributed by atoms with Crippen molar-refractivity contribution in [3.63, 3.8) is 0 Å². The Morgan fingerprint density at radius 2 is 1.73 bits per heavy atom. The van der Waals surface area contributed by atoms with E-state index in [-0.39, 0.29) is 11.5 Å². The molecule has 3 aromatic carbocycles. The molecule has 1 aliphatic heterocycles. The zero-order valence-corrected chi connectivity index (χ0v) is 20.9. The van der Waals surface area contributed by atoms with E-state index in [1.54, 1.807) is 6.92 Å². The second-order valence-corrected chi connectivity index (χ2v) is 9.96. The topological polar surface area (TPSA) is 99.2 Å². The van der Waals surface area contributed by atoms with Gasteiger partial charge in [-0.05, 0) is 31.5 Å². The molecule has 1 atom stereocenters. The van der Waals surface area contributed by atoms with Crippen molar-refractivity contribution >= 4 is 40.0 Å². The van der Waals surface area contributed by atoms with Crippen molar-refractivity contribution in [2.45, 2.75) is 19.9 Å². The van der Waals surface area contributed by atoms with Crippen molar-refractivity contribution in [2.75, 3.05) is 4.90 Å². The number of aromatic amines is 1. The number of carbonyl (C=O) groups is 2. The molecular formula is C29H22N4O3S. The number of rotatable bonds is 5. The van der Waals surface area contributed by atoms with Crippen molar-refractivity contribution in [3.05, 3.63) is 112 Å². The number of benzene rings is 3. The maximum absolute atomic E-state index is 14.0. The number of Topliss-reactive ketones (excluding diaryl/α,β-unsaturated/α-hetero) is 1. The molecule has 37 heavy (non-hydrogen) atoms. The quantitative estimate of drug-likeness (QED) is 0.281. The highest BCUT2D eigenvalue weighted by atomic mass is 32.1. The van der Waals surface area contributed by atoms with Gasteiger partial charge in [0.15, 0.2) is 5.76 Å². The molecule has 0 spiro atoms. The third-order valence-corrected chi connectivity index (χ3v) is 7.64. The summed E-state index contributed by atoms with van der Waals surface area (Å²) in [4.78, 5) is 41.7. The Kier molecular flexibility index (Phi) is 5.46. The van der Waals surface area contributed by atoms with Gasteiger partial charge in [0, 0.05) is 5.56 Å². The van der Waals surface area contributed by atoms with Crippen LogP contribution in [0.2, 0.25) is 0 Å². The number of aromatic nitrogens is 3. The van der Waals surface area contributed by atoms with E-state index in [4.69, 9.17) is 0 Å². The zero-order chi connectivity index (χ0) is 25.7. The summed E-state index contributed by atoms with van der Waals surface area (Å²) in [6.45, 7) is 3.71. The number of hydrogen-bond donors (Lipinski definition) is 2. The van der Waals surface area contributed by atoms with Crippen molar-refractivity contribution in [1.82, 2.24) is 15.0 Å². The highest BCUT2D eigenvalue weighted by Crippen LogP contribution is 2.43. The van der Waals surface area contributed by atoms with Crippen molar-refractivity contribution < 1.29 is 14.7 Å². The minimum absolute atomic E-state index is 0.0161. The number of carbonyl (C=O) groups excluding carboxylic acids is 2. The number of nitrogens with one attached hydrogen (secondary N) is 1. The lowest BCUT2D eigenvalue weighted by Crippen LogP contribution is -2.32. The van der Waals surface area contributed by atoms with Crippen molar-refractivity contribution in [1.29, 1.82) is 0 Å². The molecule has 0 aliphatic carbocycles. The highest BCUT2D eigenvalue weighted by molar-refractivity contribution is 7.17. The number of amides is 1. The van der Waals surface area contributed by atoms with E-state index < -0.39 is 23.5 Å². The SMILES string of the molecule is Cc1cccc(C2C(C(=O)c3sc(-c4ccccc4)nc3C)=C(O)C(=O)N2c2nc3ccccc3[nH]2)c1. The average molecular weight is 507 g/mol. The van der Waals surface area contributed by atoms with E-state index in [2.05, 4.69) is 15.0 Å². The standard InChI is InChI=1S/C29H22N4O3S/c1-16-9-8-12-19(15-16)23-22(24(34)26-17(2)30-27(37-26)18-10-4-3-5-11-18)25(35)28(36)33(23)29-31-20-13-6-7-14-21(20)32-29/h3-15,23,35H,1-2H3,(H,31,32). The molecule has 1 aliphatic rings. The van der Waals surface area contributed by atoms with Crippen LogP contribution in [-0.4, -0.2) is 31.7 Å². The van der Waals surface area contributed by atoms with Gasteiger partial charge in [0.2, 0.25) is 11.7 Å². The number of anilines is 1. The Morgan fingerprint density at radius 1 is 0.973 bits per heavy atom. The van der Waals surface area contributed by atoms with E-state index in [1.807, 2.05) is 85.8 Å². The van der Waals surface area contributed by atoms with Gasteiger partial charge < -0.3 is 10.1 Å². The van der Waals surface area contributed by atoms with Crippen LogP contribution in [0.15, 0.2) is 90.2 Å². The number of thiazole rings is 1. The molecule has 3 heterocycles. The number of aryl methyl sites for hydroxylation is 2. The normalized spacial score (nSPS) is 15.7. The predicted molar refractivity (Wildman–Crippen MR) is 144 cm³/mol. The molecule has 2 aromatic heterocycles. The molecule has 182 valence electrons. The lowest BCUT2D eigenvalue weighted by molar-refractivity contribution is -0.117. The van der Waals surface area contributed by atoms with Crippen LogP contribution in [0.3, 0.4) is 0 Å². The van der Waals surface area contributed by atoms with Gasteiger partial charge in [0.1, 0.15) is 5.01 Å². The lowest BCUT2D eigenvalue weighted by Gasteiger charge is -2.24. The molecule has 1 unspecified atom stereocenters. The summed E-state index contributed by atoms with van der Waals surface area (Å²) in [5.74, 6) is -1.42. The summed E-state index contributed by atoms with van der Waals surface area (Å²) in [6, 6.07) is 23.7. The molecular weight excluding hydrogens is 484 g/mol. The average Bonchev–Trinajstić information content (AvgIpc) is 3.58. The first-order valence-corrected chi connectivity index (χ1v) is 12.6. The summed E-state index contributed by atoms with van der Waals surface area (Å²) in [5, 5.41) is 11.8. The van der Waals surface area contributed by atoms with Crippen LogP contribution in [0.1, 0.15) is 32.5 Å². The number of aliphatic hydroxyl groups is 1. The van der Waals surface area contributed by atoms with Crippen molar-refractivity contribution in [2.24, 2.45) is 0 Å². The molecule has 0 bridgehead atoms. The summed E-state index contributed by atoms with van der Waals surface area (Å²) >= 11 is 1.25. The van der Waals surface area contributed by atoms with Crippen LogP contribution < -0.4 is 4.90 Å². The van der Waals surface area contributed by atoms with Crippen molar-refractivity contribution in [3.8, 4) is 10.6 Å². The summed E-state index contributed by atoms with van der Waals surface area (Å²) < 4.78 is 0. The second kappa shape index (κ2) is 8.83. The minimum Gasteiger partial charge on any atom is -0.503 e. The number of nitrogens with zero attached hydrogens (tertiary/aromatic N) is 3. The van der Waals surface area contributed by atoms with Gasteiger partial charge in [0.25, 0.3) is 5.91 Å². The Morgan fingerprint density at radius 3 is 2.49 bits per heavy atom. The molecule has 8 heteroatoms. The van der Waals surface area contributed by atoms with E-state index in [0.717, 1.165) is 16.6 Å². The van der Waals surface area contributed by atoms with E-state index in [0.29, 0.717) is 26.7 Å². The summed E-state index contributed by atoms with van der Waals surface area (Å²) in [5.41, 5.74) is 4.56. The number of para-hydroxylation sites is 2. The molecule has 2 N–H and O–H groups in total. The smallest absolute Gasteiger partial charge is 0.296 e. The molecule has 0 saturated carbocycles. The fourth-order valence-electron chi connectivity index (χ4n) is 4.70. The Balaban J connectivity index is 1.49. The third kappa shape index (κ3) is 3.82. The van der Waals surface area contributed by atoms with Gasteiger partial charge in [0.05, 0.1) is 33.2 Å². The van der Waals surface area contributed by atoms with Gasteiger partial charge in [-0.3, -0.25) is 14.5 Å². The maximum atomic E-state index is 14.0. The van der Waals surface area contributed by atoms with Gasteiger partial charge in [-0.15, -0.1) is 11.3 Å². The highest BCUT2D eigenvalue weighted by Gasteiger charge is 2.46. The van der Waals surface area contributed by atoms with Crippen LogP contribution in [0.5, 0.6) is 0 Å². The first kappa shape index (κ1) is 22.9. The Labute approximate surface area is 216 Å². The van der Waals surface area contributed by atoms with Crippen LogP contribution in [0, 0.1) is 13.8 Å². The Hall–Kier alpha value is -4.56. The van der Waals surface area contributed by atoms with E-state index in [9.17, 15) is 14.7 Å². The third-order valence-electron chi connectivity index (χ3n) is 6.44. The molecule has 7 nitrogen and oxygen atoms in total. The first-order valence-electron chi connectivity index (χ1n) is 11.8. The molecule has 0 fully saturated rings. The molecule has 6 rings (SSSR count). The van der Waals surface area contributed by atoms with E-state index >= 15 is 0 Å². The summed E-state index contributed by atoms with van der Waals surface area (Å²) in [7, 11) is 0. The van der Waals surface area contributed by atoms with Crippen LogP contribution in [0.25, 0.3) is 21.6 Å². The fourth-order valence-corrected chi connectivity index (χ4v) is 5.72. The fraction of sp³-hybridized carbons (Fsp3) is 0.103. The number of imidazole rings is 1. The number of ketones is 1.